The normalized spacial score (nSPS) is 24.1. The maximum atomic E-state index is 12.9. The summed E-state index contributed by atoms with van der Waals surface area (Å²) in [6.07, 6.45) is -1.65. The van der Waals surface area contributed by atoms with Gasteiger partial charge in [0.05, 0.1) is 11.8 Å². The maximum absolute atomic E-state index is 12.9. The summed E-state index contributed by atoms with van der Waals surface area (Å²) in [6, 6.07) is 0. The molecule has 0 aromatic rings. The quantitative estimate of drug-likeness (QED) is 0.820. The number of carboxylic acid groups (broad SMARTS) is 1. The summed E-state index contributed by atoms with van der Waals surface area (Å²) in [5.41, 5.74) is 0. The van der Waals surface area contributed by atoms with Crippen LogP contribution in [0.2, 0.25) is 0 Å². The second-order valence-electron chi connectivity index (χ2n) is 5.58. The van der Waals surface area contributed by atoms with Crippen molar-refractivity contribution in [2.24, 2.45) is 17.8 Å². The van der Waals surface area contributed by atoms with Gasteiger partial charge in [0.25, 0.3) is 0 Å². The van der Waals surface area contributed by atoms with E-state index in [9.17, 15) is 22.8 Å². The molecule has 0 aliphatic carbocycles. The van der Waals surface area contributed by atoms with Crippen molar-refractivity contribution in [3.63, 3.8) is 0 Å². The molecule has 1 unspecified atom stereocenters. The lowest BCUT2D eigenvalue weighted by molar-refractivity contribution is -0.188. The van der Waals surface area contributed by atoms with Gasteiger partial charge in [-0.15, -0.1) is 0 Å². The van der Waals surface area contributed by atoms with Gasteiger partial charge in [-0.25, -0.2) is 0 Å². The number of unbranched alkanes of at least 4 members (excludes halogenated alkanes) is 1. The largest absolute Gasteiger partial charge is 0.481 e. The van der Waals surface area contributed by atoms with Gasteiger partial charge in [-0.3, -0.25) is 9.59 Å². The van der Waals surface area contributed by atoms with E-state index < -0.39 is 30.5 Å². The molecule has 0 saturated carbocycles. The van der Waals surface area contributed by atoms with Gasteiger partial charge in [0.1, 0.15) is 0 Å². The zero-order valence-corrected chi connectivity index (χ0v) is 12.3. The van der Waals surface area contributed by atoms with E-state index in [1.54, 1.807) is 0 Å². The van der Waals surface area contributed by atoms with E-state index in [1.165, 1.54) is 0 Å². The van der Waals surface area contributed by atoms with Crippen molar-refractivity contribution in [3.8, 4) is 0 Å². The molecule has 1 N–H and O–H groups in total. The lowest BCUT2D eigenvalue weighted by Gasteiger charge is -2.23. The zero-order chi connectivity index (χ0) is 16.2. The Kier molecular flexibility index (Phi) is 6.04. The van der Waals surface area contributed by atoms with Crippen molar-refractivity contribution in [2.75, 3.05) is 13.1 Å². The number of hydrogen-bond acceptors (Lipinski definition) is 2. The minimum Gasteiger partial charge on any atom is -0.481 e. The molecule has 1 aliphatic rings. The van der Waals surface area contributed by atoms with Crippen LogP contribution in [0, 0.1) is 17.8 Å². The first-order valence-corrected chi connectivity index (χ1v) is 7.30. The number of aliphatic carboxylic acids is 1. The van der Waals surface area contributed by atoms with E-state index in [0.29, 0.717) is 12.8 Å². The molecule has 21 heavy (non-hydrogen) atoms. The average molecular weight is 309 g/mol. The SMILES string of the molecule is CCCCC(CC)C(=O)N1C[C@@H](C(F)(F)F)[C@H](C(=O)O)C1. The standard InChI is InChI=1S/C14H22F3NO3/c1-3-5-6-9(4-2)12(19)18-7-10(13(20)21)11(8-18)14(15,16)17/h9-11H,3-8H2,1-2H3,(H,20,21)/t9?,10-,11-/m1/s1. The first kappa shape index (κ1) is 17.8. The molecule has 3 atom stereocenters. The highest BCUT2D eigenvalue weighted by molar-refractivity contribution is 5.81. The molecule has 1 saturated heterocycles. The van der Waals surface area contributed by atoms with E-state index in [-0.39, 0.29) is 18.4 Å². The zero-order valence-electron chi connectivity index (χ0n) is 12.3. The summed E-state index contributed by atoms with van der Waals surface area (Å²) < 4.78 is 38.7. The van der Waals surface area contributed by atoms with Crippen molar-refractivity contribution in [2.45, 2.75) is 45.7 Å². The van der Waals surface area contributed by atoms with Crippen molar-refractivity contribution >= 4 is 11.9 Å². The highest BCUT2D eigenvalue weighted by Crippen LogP contribution is 2.38. The number of amides is 1. The van der Waals surface area contributed by atoms with Crippen LogP contribution in [0.1, 0.15) is 39.5 Å². The van der Waals surface area contributed by atoms with E-state index in [0.717, 1.165) is 17.7 Å². The fourth-order valence-electron chi connectivity index (χ4n) is 2.78. The first-order valence-electron chi connectivity index (χ1n) is 7.30. The van der Waals surface area contributed by atoms with Gasteiger partial charge >= 0.3 is 12.1 Å². The van der Waals surface area contributed by atoms with E-state index in [4.69, 9.17) is 5.11 Å². The van der Waals surface area contributed by atoms with Crippen molar-refractivity contribution in [1.29, 1.82) is 0 Å². The number of likely N-dealkylation sites (tertiary alicyclic amines) is 1. The molecule has 0 aromatic heterocycles. The highest BCUT2D eigenvalue weighted by Gasteiger charge is 2.53. The molecule has 0 spiro atoms. The Morgan fingerprint density at radius 3 is 2.29 bits per heavy atom. The van der Waals surface area contributed by atoms with E-state index in [1.807, 2.05) is 13.8 Å². The summed E-state index contributed by atoms with van der Waals surface area (Å²) in [7, 11) is 0. The van der Waals surface area contributed by atoms with E-state index in [2.05, 4.69) is 0 Å². The Balaban J connectivity index is 2.81. The Morgan fingerprint density at radius 2 is 1.90 bits per heavy atom. The average Bonchev–Trinajstić information content (AvgIpc) is 2.84. The molecule has 0 radical (unpaired) electrons. The summed E-state index contributed by atoms with van der Waals surface area (Å²) in [5, 5.41) is 8.95. The summed E-state index contributed by atoms with van der Waals surface area (Å²) in [4.78, 5) is 24.4. The number of carbonyl (C=O) groups excluding carboxylic acids is 1. The van der Waals surface area contributed by atoms with Crippen molar-refractivity contribution in [1.82, 2.24) is 4.90 Å². The third-order valence-electron chi connectivity index (χ3n) is 4.12. The number of hydrogen-bond donors (Lipinski definition) is 1. The minimum absolute atomic E-state index is 0.314. The first-order chi connectivity index (χ1) is 9.72. The van der Waals surface area contributed by atoms with Crippen LogP contribution in [-0.4, -0.2) is 41.1 Å². The lowest BCUT2D eigenvalue weighted by atomic mass is 9.96. The molecule has 1 heterocycles. The topological polar surface area (TPSA) is 57.6 Å². The van der Waals surface area contributed by atoms with Crippen LogP contribution in [0.15, 0.2) is 0 Å². The van der Waals surface area contributed by atoms with E-state index >= 15 is 0 Å². The maximum Gasteiger partial charge on any atom is 0.394 e. The number of rotatable bonds is 6. The van der Waals surface area contributed by atoms with Gasteiger partial charge in [0.15, 0.2) is 0 Å². The Labute approximate surface area is 122 Å². The third-order valence-corrected chi connectivity index (χ3v) is 4.12. The molecule has 1 aliphatic heterocycles. The Bertz CT molecular complexity index is 384. The molecule has 122 valence electrons. The predicted octanol–water partition coefficient (Wildman–Crippen LogP) is 2.92. The fraction of sp³-hybridized carbons (Fsp3) is 0.857. The number of halogens is 3. The summed E-state index contributed by atoms with van der Waals surface area (Å²) in [6.45, 7) is 2.92. The lowest BCUT2D eigenvalue weighted by Crippen LogP contribution is -2.36. The minimum atomic E-state index is -4.59. The number of nitrogens with zero attached hydrogens (tertiary/aromatic N) is 1. The van der Waals surface area contributed by atoms with Crippen LogP contribution in [0.3, 0.4) is 0 Å². The van der Waals surface area contributed by atoms with Gasteiger partial charge < -0.3 is 10.0 Å². The van der Waals surface area contributed by atoms with Crippen LogP contribution in [0.25, 0.3) is 0 Å². The number of carbonyl (C=O) groups is 2. The molecular formula is C14H22F3NO3. The monoisotopic (exact) mass is 309 g/mol. The van der Waals surface area contributed by atoms with Gasteiger partial charge in [0, 0.05) is 19.0 Å². The van der Waals surface area contributed by atoms with Crippen LogP contribution in [0.5, 0.6) is 0 Å². The molecule has 7 heteroatoms. The second-order valence-corrected chi connectivity index (χ2v) is 5.58. The molecular weight excluding hydrogens is 287 g/mol. The molecule has 1 amide bonds. The molecule has 1 fully saturated rings. The Hall–Kier alpha value is -1.27. The van der Waals surface area contributed by atoms with Crippen molar-refractivity contribution < 1.29 is 27.9 Å². The fourth-order valence-corrected chi connectivity index (χ4v) is 2.78. The molecule has 0 bridgehead atoms. The highest BCUT2D eigenvalue weighted by atomic mass is 19.4. The van der Waals surface area contributed by atoms with Crippen LogP contribution >= 0.6 is 0 Å². The Morgan fingerprint density at radius 1 is 1.29 bits per heavy atom. The number of carboxylic acids is 1. The number of alkyl halides is 3. The molecule has 4 nitrogen and oxygen atoms in total. The summed E-state index contributed by atoms with van der Waals surface area (Å²) in [5.74, 6) is -5.68. The molecule has 1 rings (SSSR count). The van der Waals surface area contributed by atoms with Gasteiger partial charge in [0.2, 0.25) is 5.91 Å². The van der Waals surface area contributed by atoms with Crippen molar-refractivity contribution in [3.05, 3.63) is 0 Å². The van der Waals surface area contributed by atoms with Gasteiger partial charge in [-0.05, 0) is 12.8 Å². The molecule has 0 aromatic carbocycles. The van der Waals surface area contributed by atoms with Gasteiger partial charge in [-0.2, -0.15) is 13.2 Å². The smallest absolute Gasteiger partial charge is 0.394 e. The summed E-state index contributed by atoms with van der Waals surface area (Å²) >= 11 is 0. The predicted molar refractivity (Wildman–Crippen MR) is 70.6 cm³/mol. The second kappa shape index (κ2) is 7.13. The third kappa shape index (κ3) is 4.35. The van der Waals surface area contributed by atoms with Gasteiger partial charge in [-0.1, -0.05) is 26.7 Å². The van der Waals surface area contributed by atoms with Crippen LogP contribution in [-0.2, 0) is 9.59 Å². The van der Waals surface area contributed by atoms with Crippen LogP contribution in [0.4, 0.5) is 13.2 Å². The van der Waals surface area contributed by atoms with Crippen LogP contribution < -0.4 is 0 Å².